The molecule has 0 unspecified atom stereocenters. The molecule has 29 heavy (non-hydrogen) atoms. The van der Waals surface area contributed by atoms with Crippen LogP contribution < -0.4 is 21.7 Å². The van der Waals surface area contributed by atoms with E-state index in [9.17, 15) is 0 Å². The van der Waals surface area contributed by atoms with Crippen molar-refractivity contribution in [3.05, 3.63) is 54.1 Å². The number of hydrogen-bond donors (Lipinski definition) is 4. The summed E-state index contributed by atoms with van der Waals surface area (Å²) in [5.41, 5.74) is 16.6. The standard InChI is InChI=1S/C21H24N8/c1-29(2)18-12-16(25-21(23)26-18)14-10-15(22)19-17(11-14)27-28-20(19)24-9-8-13-6-4-3-5-7-13/h3-7,10-12H,8-9,22H2,1-2H3,(H2,23,25,26)(H2,24,27,28). The number of nitrogens with two attached hydrogens (primary N) is 2. The predicted molar refractivity (Wildman–Crippen MR) is 119 cm³/mol. The first-order chi connectivity index (χ1) is 14.0. The van der Waals surface area contributed by atoms with Crippen LogP contribution in [0.5, 0.6) is 0 Å². The van der Waals surface area contributed by atoms with Crippen molar-refractivity contribution < 1.29 is 0 Å². The largest absolute Gasteiger partial charge is 0.398 e. The minimum atomic E-state index is 0.220. The molecule has 8 nitrogen and oxygen atoms in total. The Hall–Kier alpha value is -3.81. The molecular weight excluding hydrogens is 364 g/mol. The van der Waals surface area contributed by atoms with E-state index >= 15 is 0 Å². The van der Waals surface area contributed by atoms with Gasteiger partial charge in [-0.25, -0.2) is 4.98 Å². The van der Waals surface area contributed by atoms with Gasteiger partial charge in [-0.1, -0.05) is 30.3 Å². The van der Waals surface area contributed by atoms with Crippen LogP contribution in [0, 0.1) is 0 Å². The molecule has 2 heterocycles. The molecule has 0 amide bonds. The summed E-state index contributed by atoms with van der Waals surface area (Å²) >= 11 is 0. The Bertz CT molecular complexity index is 1130. The van der Waals surface area contributed by atoms with E-state index in [0.717, 1.165) is 41.1 Å². The van der Waals surface area contributed by atoms with Gasteiger partial charge in [0.1, 0.15) is 5.82 Å². The Labute approximate surface area is 169 Å². The van der Waals surface area contributed by atoms with Gasteiger partial charge >= 0.3 is 0 Å². The number of anilines is 4. The van der Waals surface area contributed by atoms with Crippen molar-refractivity contribution in [2.75, 3.05) is 42.3 Å². The van der Waals surface area contributed by atoms with E-state index in [0.29, 0.717) is 11.4 Å². The van der Waals surface area contributed by atoms with Crippen LogP contribution in [-0.2, 0) is 6.42 Å². The smallest absolute Gasteiger partial charge is 0.222 e. The average Bonchev–Trinajstić information content (AvgIpc) is 3.12. The molecule has 148 valence electrons. The first-order valence-electron chi connectivity index (χ1n) is 9.39. The maximum atomic E-state index is 6.37. The quantitative estimate of drug-likeness (QED) is 0.375. The molecule has 0 radical (unpaired) electrons. The van der Waals surface area contributed by atoms with Crippen molar-refractivity contribution in [3.8, 4) is 11.3 Å². The summed E-state index contributed by atoms with van der Waals surface area (Å²) in [5.74, 6) is 1.70. The Balaban J connectivity index is 1.61. The van der Waals surface area contributed by atoms with E-state index in [1.54, 1.807) is 0 Å². The number of nitrogen functional groups attached to an aromatic ring is 2. The predicted octanol–water partition coefficient (Wildman–Crippen LogP) is 2.90. The minimum absolute atomic E-state index is 0.220. The SMILES string of the molecule is CN(C)c1cc(-c2cc(N)c3c(NCCc4ccccc4)n[nH]c3c2)nc(N)n1. The zero-order chi connectivity index (χ0) is 20.4. The van der Waals surface area contributed by atoms with Gasteiger partial charge < -0.3 is 21.7 Å². The van der Waals surface area contributed by atoms with Crippen LogP contribution in [0.4, 0.5) is 23.3 Å². The first kappa shape index (κ1) is 18.5. The van der Waals surface area contributed by atoms with Crippen LogP contribution in [0.3, 0.4) is 0 Å². The highest BCUT2D eigenvalue weighted by atomic mass is 15.2. The van der Waals surface area contributed by atoms with Gasteiger partial charge in [0.05, 0.1) is 16.6 Å². The van der Waals surface area contributed by atoms with Gasteiger partial charge in [-0.3, -0.25) is 5.10 Å². The molecule has 0 bridgehead atoms. The van der Waals surface area contributed by atoms with E-state index < -0.39 is 0 Å². The van der Waals surface area contributed by atoms with Crippen molar-refractivity contribution in [1.82, 2.24) is 20.2 Å². The third-order valence-corrected chi connectivity index (χ3v) is 4.73. The fraction of sp³-hybridized carbons (Fsp3) is 0.190. The molecule has 4 rings (SSSR count). The van der Waals surface area contributed by atoms with Gasteiger partial charge in [0.15, 0.2) is 5.82 Å². The van der Waals surface area contributed by atoms with Crippen molar-refractivity contribution in [3.63, 3.8) is 0 Å². The zero-order valence-electron chi connectivity index (χ0n) is 16.5. The number of nitrogens with zero attached hydrogens (tertiary/aromatic N) is 4. The van der Waals surface area contributed by atoms with Crippen molar-refractivity contribution in [2.24, 2.45) is 0 Å². The molecule has 0 aliphatic heterocycles. The van der Waals surface area contributed by atoms with E-state index in [-0.39, 0.29) is 5.95 Å². The molecule has 0 atom stereocenters. The van der Waals surface area contributed by atoms with Gasteiger partial charge in [0.25, 0.3) is 0 Å². The fourth-order valence-electron chi connectivity index (χ4n) is 3.26. The van der Waals surface area contributed by atoms with Crippen LogP contribution >= 0.6 is 0 Å². The molecule has 0 saturated carbocycles. The molecule has 0 saturated heterocycles. The highest BCUT2D eigenvalue weighted by Gasteiger charge is 2.13. The van der Waals surface area contributed by atoms with Gasteiger partial charge in [0, 0.05) is 38.0 Å². The molecule has 0 spiro atoms. The Kier molecular flexibility index (Phi) is 4.90. The summed E-state index contributed by atoms with van der Waals surface area (Å²) in [6.07, 6.45) is 0.903. The molecule has 0 fully saturated rings. The van der Waals surface area contributed by atoms with Gasteiger partial charge in [-0.05, 0) is 24.1 Å². The van der Waals surface area contributed by atoms with Crippen LogP contribution in [0.15, 0.2) is 48.5 Å². The second kappa shape index (κ2) is 7.67. The summed E-state index contributed by atoms with van der Waals surface area (Å²) in [4.78, 5) is 10.5. The number of fused-ring (bicyclic) bond motifs is 1. The van der Waals surface area contributed by atoms with Crippen molar-refractivity contribution >= 4 is 34.2 Å². The summed E-state index contributed by atoms with van der Waals surface area (Å²) in [6, 6.07) is 16.1. The molecule has 4 aromatic rings. The second-order valence-electron chi connectivity index (χ2n) is 7.09. The van der Waals surface area contributed by atoms with Crippen LogP contribution in [-0.4, -0.2) is 40.8 Å². The van der Waals surface area contributed by atoms with E-state index in [1.165, 1.54) is 5.56 Å². The Morgan fingerprint density at radius 1 is 1.03 bits per heavy atom. The highest BCUT2D eigenvalue weighted by molar-refractivity contribution is 6.01. The lowest BCUT2D eigenvalue weighted by Gasteiger charge is -2.13. The number of benzene rings is 2. The number of aromatic nitrogens is 4. The average molecular weight is 388 g/mol. The molecule has 0 aliphatic carbocycles. The topological polar surface area (TPSA) is 122 Å². The lowest BCUT2D eigenvalue weighted by atomic mass is 10.1. The lowest BCUT2D eigenvalue weighted by molar-refractivity contribution is 0.996. The van der Waals surface area contributed by atoms with E-state index in [2.05, 4.69) is 37.6 Å². The number of aromatic amines is 1. The summed E-state index contributed by atoms with van der Waals surface area (Å²) in [6.45, 7) is 0.764. The first-order valence-corrected chi connectivity index (χ1v) is 9.39. The molecule has 2 aromatic heterocycles. The fourth-order valence-corrected chi connectivity index (χ4v) is 3.26. The van der Waals surface area contributed by atoms with Crippen molar-refractivity contribution in [2.45, 2.75) is 6.42 Å². The number of rotatable bonds is 6. The molecule has 0 aliphatic rings. The summed E-state index contributed by atoms with van der Waals surface area (Å²) in [5, 5.41) is 11.7. The van der Waals surface area contributed by atoms with Gasteiger partial charge in [-0.15, -0.1) is 0 Å². The number of hydrogen-bond acceptors (Lipinski definition) is 7. The summed E-state index contributed by atoms with van der Waals surface area (Å²) < 4.78 is 0. The highest BCUT2D eigenvalue weighted by Crippen LogP contribution is 2.32. The lowest BCUT2D eigenvalue weighted by Crippen LogP contribution is -2.12. The molecule has 6 N–H and O–H groups in total. The molecular formula is C21H24N8. The number of nitrogens with one attached hydrogen (secondary N) is 2. The van der Waals surface area contributed by atoms with Crippen molar-refractivity contribution in [1.29, 1.82) is 0 Å². The second-order valence-corrected chi connectivity index (χ2v) is 7.09. The summed E-state index contributed by atoms with van der Waals surface area (Å²) in [7, 11) is 3.82. The minimum Gasteiger partial charge on any atom is -0.398 e. The Morgan fingerprint density at radius 3 is 2.59 bits per heavy atom. The monoisotopic (exact) mass is 388 g/mol. The maximum Gasteiger partial charge on any atom is 0.222 e. The van der Waals surface area contributed by atoms with E-state index in [4.69, 9.17) is 11.5 Å². The van der Waals surface area contributed by atoms with E-state index in [1.807, 2.05) is 55.4 Å². The normalized spacial score (nSPS) is 11.0. The Morgan fingerprint density at radius 2 is 1.83 bits per heavy atom. The van der Waals surface area contributed by atoms with Crippen LogP contribution in [0.2, 0.25) is 0 Å². The van der Waals surface area contributed by atoms with Gasteiger partial charge in [-0.2, -0.15) is 10.1 Å². The third-order valence-electron chi connectivity index (χ3n) is 4.73. The van der Waals surface area contributed by atoms with Crippen LogP contribution in [0.1, 0.15) is 5.56 Å². The zero-order valence-corrected chi connectivity index (χ0v) is 16.5. The molecule has 8 heteroatoms. The van der Waals surface area contributed by atoms with Gasteiger partial charge in [0.2, 0.25) is 5.95 Å². The maximum absolute atomic E-state index is 6.37. The number of H-pyrrole nitrogens is 1. The van der Waals surface area contributed by atoms with Crippen LogP contribution in [0.25, 0.3) is 22.2 Å². The third kappa shape index (κ3) is 3.91. The molecule has 2 aromatic carbocycles.